The fraction of sp³-hybridized carbons (Fsp3) is 0.190. The molecule has 1 atom stereocenters. The van der Waals surface area contributed by atoms with Crippen molar-refractivity contribution in [3.63, 3.8) is 0 Å². The number of hydrogen-bond acceptors (Lipinski definition) is 6. The number of nitrogens with one attached hydrogen (secondary N) is 1. The van der Waals surface area contributed by atoms with Crippen LogP contribution < -0.4 is 4.72 Å². The molecule has 0 amide bonds. The maximum absolute atomic E-state index is 13.4. The van der Waals surface area contributed by atoms with Gasteiger partial charge in [-0.2, -0.15) is 17.9 Å². The van der Waals surface area contributed by atoms with Gasteiger partial charge in [-0.3, -0.25) is 4.72 Å². The van der Waals surface area contributed by atoms with Crippen molar-refractivity contribution >= 4 is 54.4 Å². The quantitative estimate of drug-likeness (QED) is 0.499. The van der Waals surface area contributed by atoms with Crippen LogP contribution in [-0.2, 0) is 20.0 Å². The third-order valence-electron chi connectivity index (χ3n) is 4.95. The van der Waals surface area contributed by atoms with Gasteiger partial charge < -0.3 is 0 Å². The van der Waals surface area contributed by atoms with Crippen LogP contribution in [0.5, 0.6) is 0 Å². The number of hydrogen-bond donors (Lipinski definition) is 1. The Balaban J connectivity index is 1.74. The molecule has 1 aliphatic heterocycles. The minimum atomic E-state index is -3.93. The van der Waals surface area contributed by atoms with Crippen molar-refractivity contribution in [3.8, 4) is 0 Å². The first-order valence-corrected chi connectivity index (χ1v) is 14.1. The predicted octanol–water partition coefficient (Wildman–Crippen LogP) is 4.70. The van der Waals surface area contributed by atoms with Gasteiger partial charge in [-0.1, -0.05) is 29.8 Å². The van der Waals surface area contributed by atoms with E-state index in [9.17, 15) is 16.8 Å². The lowest BCUT2D eigenvalue weighted by molar-refractivity contribution is 0.375. The third kappa shape index (κ3) is 4.68. The molecule has 4 rings (SSSR count). The summed E-state index contributed by atoms with van der Waals surface area (Å²) < 4.78 is 54.4. The van der Waals surface area contributed by atoms with Gasteiger partial charge in [-0.15, -0.1) is 11.3 Å². The molecular formula is C21H20ClN3O4S3. The molecule has 32 heavy (non-hydrogen) atoms. The van der Waals surface area contributed by atoms with Crippen LogP contribution in [0.1, 0.15) is 29.8 Å². The van der Waals surface area contributed by atoms with Crippen molar-refractivity contribution in [2.75, 3.05) is 10.5 Å². The molecule has 3 aromatic rings. The van der Waals surface area contributed by atoms with Crippen LogP contribution in [0.4, 0.5) is 5.69 Å². The number of rotatable bonds is 7. The number of anilines is 1. The maximum Gasteiger partial charge on any atom is 0.279 e. The van der Waals surface area contributed by atoms with Crippen LogP contribution in [0.2, 0.25) is 5.02 Å². The van der Waals surface area contributed by atoms with Gasteiger partial charge >= 0.3 is 0 Å². The predicted molar refractivity (Wildman–Crippen MR) is 128 cm³/mol. The summed E-state index contributed by atoms with van der Waals surface area (Å²) in [5, 5.41) is 6.81. The zero-order chi connectivity index (χ0) is 22.9. The minimum Gasteiger partial charge on any atom is -0.284 e. The normalized spacial score (nSPS) is 16.8. The second-order valence-electron chi connectivity index (χ2n) is 7.10. The van der Waals surface area contributed by atoms with E-state index in [1.54, 1.807) is 31.2 Å². The number of sulfonamides is 2. The molecule has 1 aromatic heterocycles. The van der Waals surface area contributed by atoms with Crippen molar-refractivity contribution in [2.45, 2.75) is 24.3 Å². The summed E-state index contributed by atoms with van der Waals surface area (Å²) in [5.41, 5.74) is 1.61. The molecule has 2 aromatic carbocycles. The van der Waals surface area contributed by atoms with Gasteiger partial charge in [0.1, 0.15) is 6.04 Å². The van der Waals surface area contributed by atoms with Crippen LogP contribution in [0.3, 0.4) is 0 Å². The first-order chi connectivity index (χ1) is 15.2. The summed E-state index contributed by atoms with van der Waals surface area (Å²) in [6.07, 6.45) is 0.358. The van der Waals surface area contributed by atoms with E-state index in [4.69, 9.17) is 11.6 Å². The van der Waals surface area contributed by atoms with Crippen LogP contribution in [0.25, 0.3) is 0 Å². The molecule has 0 unspecified atom stereocenters. The van der Waals surface area contributed by atoms with Gasteiger partial charge in [-0.05, 0) is 60.3 Å². The SMILES string of the molecule is CCS(=O)(=O)Nc1cccc(C2=NN(S(=O)(=O)c3ccc(Cl)cc3)[C@@H](c3cccs3)C2)c1. The van der Waals surface area contributed by atoms with Gasteiger partial charge in [0.25, 0.3) is 10.0 Å². The average molecular weight is 510 g/mol. The molecule has 1 N–H and O–H groups in total. The Bertz CT molecular complexity index is 1350. The van der Waals surface area contributed by atoms with Crippen LogP contribution in [0.15, 0.2) is 76.0 Å². The molecule has 0 bridgehead atoms. The molecule has 0 aliphatic carbocycles. The van der Waals surface area contributed by atoms with Crippen LogP contribution in [-0.4, -0.2) is 32.7 Å². The Hall–Kier alpha value is -2.40. The van der Waals surface area contributed by atoms with E-state index < -0.39 is 26.1 Å². The molecule has 0 fully saturated rings. The summed E-state index contributed by atoms with van der Waals surface area (Å²) in [4.78, 5) is 0.960. The Labute approximate surface area is 196 Å². The van der Waals surface area contributed by atoms with Crippen molar-refractivity contribution in [1.29, 1.82) is 0 Å². The highest BCUT2D eigenvalue weighted by atomic mass is 35.5. The lowest BCUT2D eigenvalue weighted by atomic mass is 10.0. The standard InChI is InChI=1S/C21H20ClN3O4S3/c1-2-31(26,27)24-17-6-3-5-15(13-17)19-14-20(21-7-4-12-30-21)25(23-19)32(28,29)18-10-8-16(22)9-11-18/h3-13,20,24H,2,14H2,1H3/t20-/m1/s1. The van der Waals surface area contributed by atoms with Gasteiger partial charge in [-0.25, -0.2) is 8.42 Å². The Kier molecular flexibility index (Phi) is 6.30. The van der Waals surface area contributed by atoms with Crippen molar-refractivity contribution < 1.29 is 16.8 Å². The zero-order valence-electron chi connectivity index (χ0n) is 17.0. The molecule has 11 heteroatoms. The first-order valence-electron chi connectivity index (χ1n) is 9.71. The molecule has 2 heterocycles. The smallest absolute Gasteiger partial charge is 0.279 e. The van der Waals surface area contributed by atoms with E-state index in [0.717, 1.165) is 9.29 Å². The Morgan fingerprint density at radius 2 is 1.84 bits per heavy atom. The monoisotopic (exact) mass is 509 g/mol. The summed E-state index contributed by atoms with van der Waals surface area (Å²) >= 11 is 7.38. The third-order valence-corrected chi connectivity index (χ3v) is 9.18. The van der Waals surface area contributed by atoms with E-state index in [2.05, 4.69) is 9.82 Å². The van der Waals surface area contributed by atoms with Gasteiger partial charge in [0, 0.05) is 22.0 Å². The fourth-order valence-corrected chi connectivity index (χ4v) is 6.37. The number of hydrazone groups is 1. The second-order valence-corrected chi connectivity index (χ2v) is 12.3. The van der Waals surface area contributed by atoms with E-state index in [1.165, 1.54) is 35.6 Å². The molecule has 0 spiro atoms. The van der Waals surface area contributed by atoms with Gasteiger partial charge in [0.2, 0.25) is 10.0 Å². The molecular weight excluding hydrogens is 490 g/mol. The Morgan fingerprint density at radius 1 is 1.09 bits per heavy atom. The topological polar surface area (TPSA) is 95.9 Å². The van der Waals surface area contributed by atoms with E-state index >= 15 is 0 Å². The molecule has 0 radical (unpaired) electrons. The maximum atomic E-state index is 13.4. The minimum absolute atomic E-state index is 0.0499. The average Bonchev–Trinajstić information content (AvgIpc) is 3.44. The summed E-state index contributed by atoms with van der Waals surface area (Å²) in [7, 11) is -7.37. The van der Waals surface area contributed by atoms with Crippen molar-refractivity contribution in [3.05, 3.63) is 81.5 Å². The van der Waals surface area contributed by atoms with E-state index in [1.807, 2.05) is 17.5 Å². The lowest BCUT2D eigenvalue weighted by Crippen LogP contribution is -2.26. The van der Waals surface area contributed by atoms with Crippen LogP contribution >= 0.6 is 22.9 Å². The van der Waals surface area contributed by atoms with Crippen molar-refractivity contribution in [2.24, 2.45) is 5.10 Å². The van der Waals surface area contributed by atoms with E-state index in [0.29, 0.717) is 28.4 Å². The highest BCUT2D eigenvalue weighted by Crippen LogP contribution is 2.39. The highest BCUT2D eigenvalue weighted by Gasteiger charge is 2.38. The molecule has 0 saturated carbocycles. The summed E-state index contributed by atoms with van der Waals surface area (Å²) in [6, 6.07) is 16.0. The van der Waals surface area contributed by atoms with Gasteiger partial charge in [0.05, 0.1) is 16.4 Å². The van der Waals surface area contributed by atoms with E-state index in [-0.39, 0.29) is 10.6 Å². The Morgan fingerprint density at radius 3 is 2.50 bits per heavy atom. The second kappa shape index (κ2) is 8.86. The lowest BCUT2D eigenvalue weighted by Gasteiger charge is -2.22. The molecule has 7 nitrogen and oxygen atoms in total. The molecule has 0 saturated heterocycles. The summed E-state index contributed by atoms with van der Waals surface area (Å²) in [6.45, 7) is 1.55. The number of halogens is 1. The van der Waals surface area contributed by atoms with Gasteiger partial charge in [0.15, 0.2) is 0 Å². The highest BCUT2D eigenvalue weighted by molar-refractivity contribution is 7.92. The molecule has 1 aliphatic rings. The zero-order valence-corrected chi connectivity index (χ0v) is 20.2. The first kappa shape index (κ1) is 22.8. The fourth-order valence-electron chi connectivity index (χ4n) is 3.31. The molecule has 168 valence electrons. The largest absolute Gasteiger partial charge is 0.284 e. The number of thiophene rings is 1. The summed E-state index contributed by atoms with van der Waals surface area (Å²) in [5.74, 6) is -0.0499. The number of benzene rings is 2. The van der Waals surface area contributed by atoms with Crippen LogP contribution in [0, 0.1) is 0 Å². The number of nitrogens with zero attached hydrogens (tertiary/aromatic N) is 2. The van der Waals surface area contributed by atoms with Crippen molar-refractivity contribution in [1.82, 2.24) is 4.41 Å².